The fraction of sp³-hybridized carbons (Fsp3) is 0.429. The summed E-state index contributed by atoms with van der Waals surface area (Å²) in [7, 11) is 1.58. The highest BCUT2D eigenvalue weighted by Gasteiger charge is 2.12. The molecule has 1 N–H and O–H groups in total. The van der Waals surface area contributed by atoms with Gasteiger partial charge in [-0.15, -0.1) is 11.6 Å². The molecule has 0 unspecified atom stereocenters. The summed E-state index contributed by atoms with van der Waals surface area (Å²) in [6.07, 6.45) is 0.302. The molecule has 2 rings (SSSR count). The Bertz CT molecular complexity index is 630. The number of benzene rings is 1. The first-order valence-electron chi connectivity index (χ1n) is 6.62. The van der Waals surface area contributed by atoms with E-state index in [1.54, 1.807) is 13.2 Å². The zero-order valence-electron chi connectivity index (χ0n) is 11.7. The highest BCUT2D eigenvalue weighted by molar-refractivity contribution is 6.16. The molecule has 0 fully saturated rings. The van der Waals surface area contributed by atoms with E-state index < -0.39 is 0 Å². The van der Waals surface area contributed by atoms with E-state index in [2.05, 4.69) is 10.3 Å². The summed E-state index contributed by atoms with van der Waals surface area (Å²) in [4.78, 5) is 16.0. The zero-order chi connectivity index (χ0) is 15.2. The number of halogens is 2. The lowest BCUT2D eigenvalue weighted by Crippen LogP contribution is -2.27. The maximum Gasteiger partial charge on any atom is 0.221 e. The molecule has 7 heteroatoms. The Labute approximate surface area is 127 Å². The van der Waals surface area contributed by atoms with Crippen molar-refractivity contribution in [2.45, 2.75) is 18.8 Å². The Morgan fingerprint density at radius 2 is 2.33 bits per heavy atom. The first-order valence-corrected chi connectivity index (χ1v) is 7.15. The van der Waals surface area contributed by atoms with Crippen LogP contribution in [0, 0.1) is 5.82 Å². The molecule has 0 aliphatic heterocycles. The maximum atomic E-state index is 13.2. The van der Waals surface area contributed by atoms with Crippen LogP contribution in [0.4, 0.5) is 4.39 Å². The van der Waals surface area contributed by atoms with Crippen molar-refractivity contribution in [2.24, 2.45) is 0 Å². The summed E-state index contributed by atoms with van der Waals surface area (Å²) in [5, 5.41) is 2.75. The quantitative estimate of drug-likeness (QED) is 0.629. The van der Waals surface area contributed by atoms with Crippen molar-refractivity contribution < 1.29 is 13.9 Å². The van der Waals surface area contributed by atoms with Crippen LogP contribution < -0.4 is 5.32 Å². The standard InChI is InChI=1S/C14H17ClFN3O2/c1-21-7-5-17-14(20)4-6-19-12-3-2-10(16)8-11(12)18-13(19)9-15/h2-3,8H,4-7,9H2,1H3,(H,17,20). The largest absolute Gasteiger partial charge is 0.383 e. The molecule has 1 aromatic heterocycles. The molecule has 1 amide bonds. The topological polar surface area (TPSA) is 56.1 Å². The molecule has 21 heavy (non-hydrogen) atoms. The minimum absolute atomic E-state index is 0.0727. The second kappa shape index (κ2) is 7.38. The van der Waals surface area contributed by atoms with E-state index in [-0.39, 0.29) is 17.6 Å². The second-order valence-electron chi connectivity index (χ2n) is 4.54. The Balaban J connectivity index is 2.08. The lowest BCUT2D eigenvalue weighted by atomic mass is 10.3. The smallest absolute Gasteiger partial charge is 0.221 e. The van der Waals surface area contributed by atoms with Crippen molar-refractivity contribution >= 4 is 28.5 Å². The van der Waals surface area contributed by atoms with Gasteiger partial charge in [0.1, 0.15) is 11.6 Å². The highest BCUT2D eigenvalue weighted by atomic mass is 35.5. The second-order valence-corrected chi connectivity index (χ2v) is 4.81. The number of hydrogen-bond acceptors (Lipinski definition) is 3. The number of alkyl halides is 1. The van der Waals surface area contributed by atoms with E-state index in [4.69, 9.17) is 16.3 Å². The van der Waals surface area contributed by atoms with Crippen LogP contribution in [0.2, 0.25) is 0 Å². The van der Waals surface area contributed by atoms with Crippen LogP contribution in [0.3, 0.4) is 0 Å². The van der Waals surface area contributed by atoms with Crippen molar-refractivity contribution in [3.05, 3.63) is 29.8 Å². The lowest BCUT2D eigenvalue weighted by molar-refractivity contribution is -0.121. The highest BCUT2D eigenvalue weighted by Crippen LogP contribution is 2.19. The van der Waals surface area contributed by atoms with Crippen LogP contribution in [0.1, 0.15) is 12.2 Å². The van der Waals surface area contributed by atoms with Gasteiger partial charge in [-0.1, -0.05) is 0 Å². The van der Waals surface area contributed by atoms with Crippen LogP contribution in [-0.4, -0.2) is 35.7 Å². The van der Waals surface area contributed by atoms with Crippen molar-refractivity contribution in [1.29, 1.82) is 0 Å². The van der Waals surface area contributed by atoms with Gasteiger partial charge in [-0.3, -0.25) is 4.79 Å². The molecule has 1 aromatic carbocycles. The third-order valence-electron chi connectivity index (χ3n) is 3.10. The number of fused-ring (bicyclic) bond motifs is 1. The van der Waals surface area contributed by atoms with Crippen molar-refractivity contribution in [1.82, 2.24) is 14.9 Å². The summed E-state index contributed by atoms with van der Waals surface area (Å²) >= 11 is 5.87. The third kappa shape index (κ3) is 3.92. The number of hydrogen-bond donors (Lipinski definition) is 1. The van der Waals surface area contributed by atoms with Gasteiger partial charge in [-0.05, 0) is 12.1 Å². The number of rotatable bonds is 7. The van der Waals surface area contributed by atoms with Gasteiger partial charge in [0.15, 0.2) is 0 Å². The van der Waals surface area contributed by atoms with E-state index in [0.717, 1.165) is 5.52 Å². The van der Waals surface area contributed by atoms with Gasteiger partial charge in [0, 0.05) is 32.7 Å². The van der Waals surface area contributed by atoms with Gasteiger partial charge in [0.2, 0.25) is 5.91 Å². The Morgan fingerprint density at radius 1 is 1.52 bits per heavy atom. The Morgan fingerprint density at radius 3 is 3.05 bits per heavy atom. The molecular formula is C14H17ClFN3O2. The molecule has 0 aliphatic rings. The van der Waals surface area contributed by atoms with Gasteiger partial charge in [-0.25, -0.2) is 9.37 Å². The maximum absolute atomic E-state index is 13.2. The third-order valence-corrected chi connectivity index (χ3v) is 3.34. The molecule has 0 atom stereocenters. The fourth-order valence-electron chi connectivity index (χ4n) is 2.10. The molecule has 0 saturated heterocycles. The van der Waals surface area contributed by atoms with E-state index in [1.807, 2.05) is 4.57 Å². The number of methoxy groups -OCH3 is 1. The van der Waals surface area contributed by atoms with Crippen LogP contribution in [-0.2, 0) is 22.0 Å². The average molecular weight is 314 g/mol. The predicted octanol–water partition coefficient (Wildman–Crippen LogP) is 2.07. The molecule has 5 nitrogen and oxygen atoms in total. The van der Waals surface area contributed by atoms with Gasteiger partial charge in [-0.2, -0.15) is 0 Å². The number of aryl methyl sites for hydroxylation is 1. The predicted molar refractivity (Wildman–Crippen MR) is 78.8 cm³/mol. The molecule has 0 saturated carbocycles. The average Bonchev–Trinajstić information content (AvgIpc) is 2.82. The number of aromatic nitrogens is 2. The van der Waals surface area contributed by atoms with E-state index in [0.29, 0.717) is 37.5 Å². The number of carbonyl (C=O) groups is 1. The van der Waals surface area contributed by atoms with E-state index in [1.165, 1.54) is 12.1 Å². The number of nitrogens with one attached hydrogen (secondary N) is 1. The van der Waals surface area contributed by atoms with Crippen LogP contribution in [0.5, 0.6) is 0 Å². The lowest BCUT2D eigenvalue weighted by Gasteiger charge is -2.08. The number of imidazole rings is 1. The van der Waals surface area contributed by atoms with Crippen LogP contribution in [0.25, 0.3) is 11.0 Å². The first-order chi connectivity index (χ1) is 10.2. The minimum atomic E-state index is -0.342. The Hall–Kier alpha value is -1.66. The van der Waals surface area contributed by atoms with Gasteiger partial charge >= 0.3 is 0 Å². The van der Waals surface area contributed by atoms with Crippen molar-refractivity contribution in [3.63, 3.8) is 0 Å². The van der Waals surface area contributed by atoms with Crippen molar-refractivity contribution in [3.8, 4) is 0 Å². The summed E-state index contributed by atoms with van der Waals surface area (Å²) < 4.78 is 19.9. The molecule has 1 heterocycles. The fourth-order valence-corrected chi connectivity index (χ4v) is 2.30. The molecule has 0 bridgehead atoms. The monoisotopic (exact) mass is 313 g/mol. The molecule has 0 aliphatic carbocycles. The Kier molecular flexibility index (Phi) is 5.52. The summed E-state index contributed by atoms with van der Waals surface area (Å²) in [5.74, 6) is 0.422. The van der Waals surface area contributed by atoms with Crippen molar-refractivity contribution in [2.75, 3.05) is 20.3 Å². The number of amides is 1. The van der Waals surface area contributed by atoms with Crippen LogP contribution >= 0.6 is 11.6 Å². The number of carbonyl (C=O) groups excluding carboxylic acids is 1. The number of nitrogens with zero attached hydrogens (tertiary/aromatic N) is 2. The van der Waals surface area contributed by atoms with E-state index >= 15 is 0 Å². The minimum Gasteiger partial charge on any atom is -0.383 e. The zero-order valence-corrected chi connectivity index (χ0v) is 12.5. The molecule has 114 valence electrons. The SMILES string of the molecule is COCCNC(=O)CCn1c(CCl)nc2cc(F)ccc21. The first kappa shape index (κ1) is 15.7. The molecule has 0 spiro atoms. The van der Waals surface area contributed by atoms with E-state index in [9.17, 15) is 9.18 Å². The molecular weight excluding hydrogens is 297 g/mol. The van der Waals surface area contributed by atoms with Crippen LogP contribution in [0.15, 0.2) is 18.2 Å². The van der Waals surface area contributed by atoms with Gasteiger partial charge in [0.05, 0.1) is 23.5 Å². The molecule has 0 radical (unpaired) electrons. The van der Waals surface area contributed by atoms with Gasteiger partial charge < -0.3 is 14.6 Å². The normalized spacial score (nSPS) is 11.0. The summed E-state index contributed by atoms with van der Waals surface area (Å²) in [5.41, 5.74) is 1.32. The number of ether oxygens (including phenoxy) is 1. The summed E-state index contributed by atoms with van der Waals surface area (Å²) in [6, 6.07) is 4.38. The summed E-state index contributed by atoms with van der Waals surface area (Å²) in [6.45, 7) is 1.41. The van der Waals surface area contributed by atoms with Gasteiger partial charge in [0.25, 0.3) is 0 Å². The molecule has 2 aromatic rings.